The van der Waals surface area contributed by atoms with Gasteiger partial charge >= 0.3 is 0 Å². The first-order chi connectivity index (χ1) is 6.08. The highest BCUT2D eigenvalue weighted by Gasteiger charge is 2.75. The van der Waals surface area contributed by atoms with Gasteiger partial charge in [-0.3, -0.25) is 5.32 Å². The highest BCUT2D eigenvalue weighted by atomic mass is 15.1. The van der Waals surface area contributed by atoms with Crippen LogP contribution in [0.25, 0.3) is 0 Å². The smallest absolute Gasteiger partial charge is 0.113 e. The van der Waals surface area contributed by atoms with Crippen molar-refractivity contribution in [3.05, 3.63) is 0 Å². The molecule has 0 unspecified atom stereocenters. The molecule has 1 saturated heterocycles. The fourth-order valence-corrected chi connectivity index (χ4v) is 4.29. The summed E-state index contributed by atoms with van der Waals surface area (Å²) >= 11 is 0. The molecule has 0 spiro atoms. The van der Waals surface area contributed by atoms with Crippen LogP contribution >= 0.6 is 0 Å². The standard InChI is InChI=1S/C11H16N2/c1-9-7-13-11(6-12)5-8(9)3-4-10(9,11)2/h8,13H,3-5,7H2,1-2H3/t8-,9-,10+,11+/m0/s1. The van der Waals surface area contributed by atoms with Crippen LogP contribution in [0.4, 0.5) is 0 Å². The van der Waals surface area contributed by atoms with E-state index in [4.69, 9.17) is 0 Å². The third-order valence-corrected chi connectivity index (χ3v) is 5.60. The summed E-state index contributed by atoms with van der Waals surface area (Å²) in [6, 6.07) is 2.55. The van der Waals surface area contributed by atoms with E-state index in [0.29, 0.717) is 5.41 Å². The van der Waals surface area contributed by atoms with Crippen molar-refractivity contribution < 1.29 is 0 Å². The molecule has 0 amide bonds. The van der Waals surface area contributed by atoms with Crippen LogP contribution in [0.3, 0.4) is 0 Å². The van der Waals surface area contributed by atoms with E-state index in [1.54, 1.807) is 0 Å². The molecule has 1 aliphatic heterocycles. The average molecular weight is 176 g/mol. The molecule has 4 atom stereocenters. The van der Waals surface area contributed by atoms with E-state index in [1.165, 1.54) is 12.8 Å². The number of rotatable bonds is 0. The lowest BCUT2D eigenvalue weighted by Crippen LogP contribution is -2.49. The van der Waals surface area contributed by atoms with Gasteiger partial charge in [0, 0.05) is 12.0 Å². The molecule has 13 heavy (non-hydrogen) atoms. The first-order valence-electron chi connectivity index (χ1n) is 5.24. The number of hydrogen-bond donors (Lipinski definition) is 1. The summed E-state index contributed by atoms with van der Waals surface area (Å²) in [5.41, 5.74) is 0.479. The lowest BCUT2D eigenvalue weighted by Gasteiger charge is -2.37. The molecule has 2 nitrogen and oxygen atoms in total. The van der Waals surface area contributed by atoms with Gasteiger partial charge in [0.1, 0.15) is 5.54 Å². The van der Waals surface area contributed by atoms with Gasteiger partial charge in [-0.2, -0.15) is 5.26 Å². The monoisotopic (exact) mass is 176 g/mol. The number of nitrogens with one attached hydrogen (secondary N) is 1. The second-order valence-corrected chi connectivity index (χ2v) is 5.56. The van der Waals surface area contributed by atoms with Crippen LogP contribution in [-0.2, 0) is 0 Å². The van der Waals surface area contributed by atoms with Crippen LogP contribution in [0.1, 0.15) is 33.1 Å². The molecule has 3 aliphatic rings. The summed E-state index contributed by atoms with van der Waals surface area (Å²) in [6.07, 6.45) is 3.68. The van der Waals surface area contributed by atoms with Gasteiger partial charge in [-0.25, -0.2) is 0 Å². The first-order valence-corrected chi connectivity index (χ1v) is 5.24. The number of hydrogen-bond acceptors (Lipinski definition) is 2. The van der Waals surface area contributed by atoms with Crippen LogP contribution in [-0.4, -0.2) is 12.1 Å². The summed E-state index contributed by atoms with van der Waals surface area (Å²) in [5.74, 6) is 0.804. The third-order valence-electron chi connectivity index (χ3n) is 5.60. The molecule has 2 heteroatoms. The van der Waals surface area contributed by atoms with Gasteiger partial charge in [0.15, 0.2) is 0 Å². The van der Waals surface area contributed by atoms with Crippen LogP contribution in [0.5, 0.6) is 0 Å². The van der Waals surface area contributed by atoms with Crippen molar-refractivity contribution in [2.45, 2.75) is 38.6 Å². The van der Waals surface area contributed by atoms with E-state index in [1.807, 2.05) is 0 Å². The Hall–Kier alpha value is -0.550. The zero-order chi connectivity index (χ0) is 9.32. The maximum Gasteiger partial charge on any atom is 0.113 e. The minimum atomic E-state index is -0.176. The highest BCUT2D eigenvalue weighted by molar-refractivity contribution is 5.34. The minimum absolute atomic E-state index is 0.176. The van der Waals surface area contributed by atoms with Crippen molar-refractivity contribution in [1.82, 2.24) is 5.32 Å². The Kier molecular flexibility index (Phi) is 1.07. The van der Waals surface area contributed by atoms with E-state index in [2.05, 4.69) is 25.2 Å². The molecule has 0 aromatic heterocycles. The quantitative estimate of drug-likeness (QED) is 0.609. The van der Waals surface area contributed by atoms with E-state index in [9.17, 15) is 5.26 Å². The minimum Gasteiger partial charge on any atom is -0.298 e. The van der Waals surface area contributed by atoms with Crippen molar-refractivity contribution in [3.63, 3.8) is 0 Å². The Morgan fingerprint density at radius 1 is 1.46 bits per heavy atom. The van der Waals surface area contributed by atoms with E-state index < -0.39 is 0 Å². The topological polar surface area (TPSA) is 35.8 Å². The molecule has 0 aromatic carbocycles. The Morgan fingerprint density at radius 3 is 2.69 bits per heavy atom. The van der Waals surface area contributed by atoms with Gasteiger partial charge in [-0.05, 0) is 30.6 Å². The molecule has 3 rings (SSSR count). The second-order valence-electron chi connectivity index (χ2n) is 5.56. The Bertz CT molecular complexity index is 319. The summed E-state index contributed by atoms with van der Waals surface area (Å²) in [6.45, 7) is 5.76. The molecule has 0 aromatic rings. The molecule has 0 radical (unpaired) electrons. The maximum atomic E-state index is 9.33. The molecular formula is C11H16N2. The van der Waals surface area contributed by atoms with E-state index in [-0.39, 0.29) is 11.0 Å². The molecular weight excluding hydrogens is 160 g/mol. The molecule has 2 aliphatic carbocycles. The highest BCUT2D eigenvalue weighted by Crippen LogP contribution is 2.72. The zero-order valence-corrected chi connectivity index (χ0v) is 8.35. The van der Waals surface area contributed by atoms with Crippen molar-refractivity contribution in [3.8, 4) is 6.07 Å². The number of nitriles is 1. The summed E-state index contributed by atoms with van der Waals surface area (Å²) in [7, 11) is 0. The molecule has 4 bridgehead atoms. The maximum absolute atomic E-state index is 9.33. The lowest BCUT2D eigenvalue weighted by molar-refractivity contribution is 0.160. The van der Waals surface area contributed by atoms with Crippen LogP contribution in [0, 0.1) is 28.1 Å². The van der Waals surface area contributed by atoms with Gasteiger partial charge < -0.3 is 0 Å². The van der Waals surface area contributed by atoms with Crippen LogP contribution < -0.4 is 5.32 Å². The van der Waals surface area contributed by atoms with Crippen LogP contribution in [0.2, 0.25) is 0 Å². The summed E-state index contributed by atoms with van der Waals surface area (Å²) in [5, 5.41) is 12.8. The van der Waals surface area contributed by atoms with Gasteiger partial charge in [0.05, 0.1) is 6.07 Å². The summed E-state index contributed by atoms with van der Waals surface area (Å²) in [4.78, 5) is 0. The van der Waals surface area contributed by atoms with Gasteiger partial charge in [0.2, 0.25) is 0 Å². The molecule has 2 saturated carbocycles. The van der Waals surface area contributed by atoms with Crippen molar-refractivity contribution in [1.29, 1.82) is 5.26 Å². The normalized spacial score (nSPS) is 62.7. The van der Waals surface area contributed by atoms with E-state index in [0.717, 1.165) is 18.9 Å². The van der Waals surface area contributed by atoms with E-state index >= 15 is 0 Å². The van der Waals surface area contributed by atoms with Gasteiger partial charge in [0.25, 0.3) is 0 Å². The Balaban J connectivity index is 2.21. The van der Waals surface area contributed by atoms with Crippen molar-refractivity contribution in [2.24, 2.45) is 16.7 Å². The Morgan fingerprint density at radius 2 is 2.23 bits per heavy atom. The molecule has 70 valence electrons. The number of nitrogens with zero attached hydrogens (tertiary/aromatic N) is 1. The lowest BCUT2D eigenvalue weighted by atomic mass is 9.66. The zero-order valence-electron chi connectivity index (χ0n) is 8.35. The Labute approximate surface area is 79.3 Å². The van der Waals surface area contributed by atoms with Crippen molar-refractivity contribution >= 4 is 0 Å². The predicted molar refractivity (Wildman–Crippen MR) is 49.9 cm³/mol. The SMILES string of the molecule is C[C@]12CC[C@H]3C[C@]1(C#N)NC[C@@]32C. The fraction of sp³-hybridized carbons (Fsp3) is 0.909. The largest absolute Gasteiger partial charge is 0.298 e. The van der Waals surface area contributed by atoms with Crippen molar-refractivity contribution in [2.75, 3.05) is 6.54 Å². The predicted octanol–water partition coefficient (Wildman–Crippen LogP) is 1.68. The third kappa shape index (κ3) is 0.518. The van der Waals surface area contributed by atoms with Gasteiger partial charge in [-0.15, -0.1) is 0 Å². The molecule has 1 heterocycles. The fourth-order valence-electron chi connectivity index (χ4n) is 4.29. The summed E-state index contributed by atoms with van der Waals surface area (Å²) < 4.78 is 0. The average Bonchev–Trinajstić information content (AvgIpc) is 2.58. The second kappa shape index (κ2) is 1.79. The molecule has 3 fully saturated rings. The first kappa shape index (κ1) is 7.82. The van der Waals surface area contributed by atoms with Gasteiger partial charge in [-0.1, -0.05) is 13.8 Å². The van der Waals surface area contributed by atoms with Crippen LogP contribution in [0.15, 0.2) is 0 Å². The molecule has 1 N–H and O–H groups in total. The number of piperidine rings is 1.